The number of hydrogen-bond donors (Lipinski definition) is 2. The zero-order valence-corrected chi connectivity index (χ0v) is 11.5. The Morgan fingerprint density at radius 2 is 2.16 bits per heavy atom. The van der Waals surface area contributed by atoms with Crippen molar-refractivity contribution >= 4 is 17.4 Å². The second-order valence-corrected chi connectivity index (χ2v) is 5.34. The monoisotopic (exact) mass is 275 g/mol. The van der Waals surface area contributed by atoms with Crippen LogP contribution in [0.25, 0.3) is 0 Å². The second-order valence-electron chi connectivity index (χ2n) is 4.90. The molecule has 2 atom stereocenters. The number of halogens is 1. The molecule has 0 saturated heterocycles. The summed E-state index contributed by atoms with van der Waals surface area (Å²) in [4.78, 5) is 4.77. The van der Waals surface area contributed by atoms with E-state index < -0.39 is 0 Å². The molecule has 0 radical (unpaired) electrons. The molecule has 0 aromatic heterocycles. The van der Waals surface area contributed by atoms with E-state index in [2.05, 4.69) is 47.1 Å². The van der Waals surface area contributed by atoms with Crippen molar-refractivity contribution in [2.24, 2.45) is 4.99 Å². The van der Waals surface area contributed by atoms with Gasteiger partial charge in [-0.3, -0.25) is 5.32 Å². The van der Waals surface area contributed by atoms with Gasteiger partial charge in [-0.05, 0) is 31.3 Å². The molecule has 2 unspecified atom stereocenters. The minimum absolute atomic E-state index is 0.0140. The van der Waals surface area contributed by atoms with Gasteiger partial charge >= 0.3 is 0 Å². The molecule has 0 aromatic rings. The maximum Gasteiger partial charge on any atom is 0.158 e. The number of hydrogen-bond acceptors (Lipinski definition) is 3. The van der Waals surface area contributed by atoms with Crippen LogP contribution in [-0.4, -0.2) is 17.6 Å². The normalized spacial score (nSPS) is 30.3. The molecule has 3 rings (SSSR count). The third-order valence-corrected chi connectivity index (χ3v) is 3.73. The fourth-order valence-corrected chi connectivity index (χ4v) is 2.71. The Morgan fingerprint density at radius 3 is 2.89 bits per heavy atom. The summed E-state index contributed by atoms with van der Waals surface area (Å²) in [6.45, 7) is 0. The van der Waals surface area contributed by atoms with Gasteiger partial charge in [0, 0.05) is 5.57 Å². The molecule has 0 saturated carbocycles. The van der Waals surface area contributed by atoms with Gasteiger partial charge in [0.1, 0.15) is 12.0 Å². The SMILES string of the molecule is ClC1NC(C2=CCCC=C2)=NC(C2=CC=CCC2)N1. The number of allylic oxidation sites excluding steroid dienone is 5. The Labute approximate surface area is 118 Å². The molecule has 0 aromatic carbocycles. The number of aliphatic imine (C=N–C) groups is 1. The molecule has 0 amide bonds. The number of nitrogens with one attached hydrogen (secondary N) is 2. The number of alkyl halides is 1. The first-order valence-electron chi connectivity index (χ1n) is 6.80. The maximum atomic E-state index is 6.24. The minimum atomic E-state index is -0.277. The largest absolute Gasteiger partial charge is 0.342 e. The van der Waals surface area contributed by atoms with E-state index in [1.54, 1.807) is 0 Å². The van der Waals surface area contributed by atoms with Gasteiger partial charge in [0.05, 0.1) is 0 Å². The summed E-state index contributed by atoms with van der Waals surface area (Å²) in [7, 11) is 0. The van der Waals surface area contributed by atoms with E-state index >= 15 is 0 Å². The van der Waals surface area contributed by atoms with Crippen molar-refractivity contribution in [3.8, 4) is 0 Å². The smallest absolute Gasteiger partial charge is 0.158 e. The molecule has 0 spiro atoms. The van der Waals surface area contributed by atoms with Crippen molar-refractivity contribution in [1.82, 2.24) is 10.6 Å². The third kappa shape index (κ3) is 2.99. The number of amidine groups is 1. The summed E-state index contributed by atoms with van der Waals surface area (Å²) in [5.41, 5.74) is 2.17. The van der Waals surface area contributed by atoms with Crippen molar-refractivity contribution in [3.05, 3.63) is 47.6 Å². The van der Waals surface area contributed by atoms with E-state index in [9.17, 15) is 0 Å². The van der Waals surface area contributed by atoms with Crippen LogP contribution in [0.1, 0.15) is 25.7 Å². The highest BCUT2D eigenvalue weighted by Gasteiger charge is 2.24. The van der Waals surface area contributed by atoms with Gasteiger partial charge in [0.2, 0.25) is 0 Å². The van der Waals surface area contributed by atoms with Crippen molar-refractivity contribution in [2.45, 2.75) is 37.5 Å². The molecule has 2 aliphatic carbocycles. The third-order valence-electron chi connectivity index (χ3n) is 3.49. The summed E-state index contributed by atoms with van der Waals surface area (Å²) in [6.07, 6.45) is 17.2. The van der Waals surface area contributed by atoms with Crippen LogP contribution in [0.5, 0.6) is 0 Å². The average molecular weight is 276 g/mol. The molecule has 2 N–H and O–H groups in total. The molecule has 4 heteroatoms. The molecule has 3 aliphatic rings. The Kier molecular flexibility index (Phi) is 3.85. The van der Waals surface area contributed by atoms with Gasteiger partial charge in [0.25, 0.3) is 0 Å². The average Bonchev–Trinajstić information content (AvgIpc) is 2.48. The highest BCUT2D eigenvalue weighted by atomic mass is 35.5. The van der Waals surface area contributed by atoms with Gasteiger partial charge < -0.3 is 5.32 Å². The summed E-state index contributed by atoms with van der Waals surface area (Å²) in [5, 5.41) is 6.46. The molecule has 100 valence electrons. The lowest BCUT2D eigenvalue weighted by Crippen LogP contribution is -2.52. The summed E-state index contributed by atoms with van der Waals surface area (Å²) in [6, 6.07) is 0. The summed E-state index contributed by atoms with van der Waals surface area (Å²) < 4.78 is 0. The topological polar surface area (TPSA) is 36.4 Å². The van der Waals surface area contributed by atoms with Crippen LogP contribution < -0.4 is 10.6 Å². The van der Waals surface area contributed by atoms with E-state index in [4.69, 9.17) is 16.6 Å². The molecular weight excluding hydrogens is 258 g/mol. The van der Waals surface area contributed by atoms with Crippen LogP contribution in [0, 0.1) is 0 Å². The standard InChI is InChI=1S/C15H18ClN3/c16-15-18-13(11-7-3-1-4-8-11)17-14(19-15)12-9-5-2-6-10-12/h1,3,5,7,9-10,13,15,18H,2,4,6,8H2,(H,17,19). The Morgan fingerprint density at radius 1 is 1.21 bits per heavy atom. The van der Waals surface area contributed by atoms with E-state index in [0.717, 1.165) is 37.1 Å². The molecule has 19 heavy (non-hydrogen) atoms. The van der Waals surface area contributed by atoms with Gasteiger partial charge in [-0.1, -0.05) is 48.1 Å². The zero-order chi connectivity index (χ0) is 13.1. The van der Waals surface area contributed by atoms with Crippen molar-refractivity contribution in [3.63, 3.8) is 0 Å². The molecule has 0 fully saturated rings. The Bertz CT molecular complexity index is 500. The van der Waals surface area contributed by atoms with Gasteiger partial charge in [-0.25, -0.2) is 4.99 Å². The van der Waals surface area contributed by atoms with Crippen LogP contribution in [0.2, 0.25) is 0 Å². The number of nitrogens with zero attached hydrogens (tertiary/aromatic N) is 1. The van der Waals surface area contributed by atoms with E-state index in [1.807, 2.05) is 0 Å². The first-order valence-corrected chi connectivity index (χ1v) is 7.24. The van der Waals surface area contributed by atoms with Gasteiger partial charge in [-0.2, -0.15) is 0 Å². The lowest BCUT2D eigenvalue weighted by atomic mass is 10.0. The van der Waals surface area contributed by atoms with E-state index in [-0.39, 0.29) is 11.8 Å². The van der Waals surface area contributed by atoms with Crippen LogP contribution >= 0.6 is 11.6 Å². The predicted molar refractivity (Wildman–Crippen MR) is 80.0 cm³/mol. The van der Waals surface area contributed by atoms with Gasteiger partial charge in [0.15, 0.2) is 5.62 Å². The van der Waals surface area contributed by atoms with Gasteiger partial charge in [-0.15, -0.1) is 0 Å². The quantitative estimate of drug-likeness (QED) is 0.600. The van der Waals surface area contributed by atoms with E-state index in [1.165, 1.54) is 5.57 Å². The Hall–Kier alpha value is -1.32. The lowest BCUT2D eigenvalue weighted by Gasteiger charge is -2.30. The highest BCUT2D eigenvalue weighted by Crippen LogP contribution is 2.21. The van der Waals surface area contributed by atoms with Crippen LogP contribution in [0.15, 0.2) is 52.6 Å². The van der Waals surface area contributed by atoms with Crippen molar-refractivity contribution < 1.29 is 0 Å². The first kappa shape index (κ1) is 12.7. The molecule has 1 aliphatic heterocycles. The minimum Gasteiger partial charge on any atom is -0.342 e. The fraction of sp³-hybridized carbons (Fsp3) is 0.400. The van der Waals surface area contributed by atoms with Crippen molar-refractivity contribution in [2.75, 3.05) is 0 Å². The Balaban J connectivity index is 1.85. The molecule has 3 nitrogen and oxygen atoms in total. The number of rotatable bonds is 2. The lowest BCUT2D eigenvalue weighted by molar-refractivity contribution is 0.500. The zero-order valence-electron chi connectivity index (χ0n) is 10.8. The fourth-order valence-electron chi connectivity index (χ4n) is 2.49. The molecular formula is C15H18ClN3. The van der Waals surface area contributed by atoms with Crippen LogP contribution in [0.4, 0.5) is 0 Å². The van der Waals surface area contributed by atoms with Crippen LogP contribution in [0.3, 0.4) is 0 Å². The van der Waals surface area contributed by atoms with Crippen LogP contribution in [-0.2, 0) is 0 Å². The molecule has 1 heterocycles. The maximum absolute atomic E-state index is 6.24. The summed E-state index contributed by atoms with van der Waals surface area (Å²) >= 11 is 6.24. The second kappa shape index (κ2) is 5.76. The van der Waals surface area contributed by atoms with Crippen molar-refractivity contribution in [1.29, 1.82) is 0 Å². The summed E-state index contributed by atoms with van der Waals surface area (Å²) in [5.74, 6) is 0.898. The predicted octanol–water partition coefficient (Wildman–Crippen LogP) is 2.98. The highest BCUT2D eigenvalue weighted by molar-refractivity contribution is 6.22. The molecule has 0 bridgehead atoms. The van der Waals surface area contributed by atoms with E-state index in [0.29, 0.717) is 0 Å². The first-order chi connectivity index (χ1) is 9.33.